The lowest BCUT2D eigenvalue weighted by atomic mass is 10.2. The van der Waals surface area contributed by atoms with Crippen LogP contribution in [0.4, 0.5) is 4.79 Å². The lowest BCUT2D eigenvalue weighted by Crippen LogP contribution is -2.39. The second kappa shape index (κ2) is 6.78. The predicted molar refractivity (Wildman–Crippen MR) is 75.0 cm³/mol. The Bertz CT molecular complexity index is 439. The molecule has 1 aliphatic rings. The molecule has 1 aromatic carbocycles. The molecule has 0 aromatic heterocycles. The molecule has 1 amide bonds. The first-order chi connectivity index (χ1) is 9.16. The Labute approximate surface area is 118 Å². The lowest BCUT2D eigenvalue weighted by molar-refractivity contribution is 0.0960. The molecule has 104 valence electrons. The standard InChI is InChI=1S/C14H19ClN2O2/c15-13-7-2-1-5-11(13)10-19-14(18)17-8-4-3-6-12(16)9-17/h1-2,5,7,12H,3-4,6,8-10,16H2/t12-/m0/s1. The summed E-state index contributed by atoms with van der Waals surface area (Å²) in [6.07, 6.45) is 2.70. The summed E-state index contributed by atoms with van der Waals surface area (Å²) in [5, 5.41) is 0.614. The molecule has 0 radical (unpaired) electrons. The number of benzene rings is 1. The zero-order valence-electron chi connectivity index (χ0n) is 10.8. The maximum Gasteiger partial charge on any atom is 0.410 e. The van der Waals surface area contributed by atoms with Gasteiger partial charge in [-0.15, -0.1) is 0 Å². The third-order valence-electron chi connectivity index (χ3n) is 3.28. The number of halogens is 1. The smallest absolute Gasteiger partial charge is 0.410 e. The van der Waals surface area contributed by atoms with E-state index in [-0.39, 0.29) is 18.7 Å². The van der Waals surface area contributed by atoms with Crippen molar-refractivity contribution in [1.82, 2.24) is 4.90 Å². The highest BCUT2D eigenvalue weighted by molar-refractivity contribution is 6.31. The predicted octanol–water partition coefficient (Wildman–Crippen LogP) is 2.79. The number of likely N-dealkylation sites (tertiary alicyclic amines) is 1. The molecule has 4 nitrogen and oxygen atoms in total. The van der Waals surface area contributed by atoms with E-state index in [1.165, 1.54) is 0 Å². The van der Waals surface area contributed by atoms with E-state index < -0.39 is 0 Å². The van der Waals surface area contributed by atoms with Crippen LogP contribution in [0.5, 0.6) is 0 Å². The van der Waals surface area contributed by atoms with Crippen LogP contribution in [0.2, 0.25) is 5.02 Å². The monoisotopic (exact) mass is 282 g/mol. The Kier molecular flexibility index (Phi) is 5.05. The van der Waals surface area contributed by atoms with E-state index in [2.05, 4.69) is 0 Å². The van der Waals surface area contributed by atoms with Crippen molar-refractivity contribution in [2.75, 3.05) is 13.1 Å². The fourth-order valence-corrected chi connectivity index (χ4v) is 2.38. The summed E-state index contributed by atoms with van der Waals surface area (Å²) in [7, 11) is 0. The van der Waals surface area contributed by atoms with Gasteiger partial charge < -0.3 is 15.4 Å². The molecular formula is C14H19ClN2O2. The molecule has 2 rings (SSSR count). The summed E-state index contributed by atoms with van der Waals surface area (Å²) in [4.78, 5) is 13.7. The molecule has 5 heteroatoms. The molecule has 0 unspecified atom stereocenters. The van der Waals surface area contributed by atoms with Crippen LogP contribution in [-0.2, 0) is 11.3 Å². The van der Waals surface area contributed by atoms with E-state index in [0.29, 0.717) is 11.6 Å². The van der Waals surface area contributed by atoms with Crippen molar-refractivity contribution in [2.45, 2.75) is 31.9 Å². The van der Waals surface area contributed by atoms with E-state index in [4.69, 9.17) is 22.1 Å². The van der Waals surface area contributed by atoms with Gasteiger partial charge in [0, 0.05) is 29.7 Å². The minimum absolute atomic E-state index is 0.0513. The molecule has 1 atom stereocenters. The zero-order valence-corrected chi connectivity index (χ0v) is 11.6. The average Bonchev–Trinajstić information content (AvgIpc) is 2.62. The first-order valence-corrected chi connectivity index (χ1v) is 6.95. The maximum absolute atomic E-state index is 12.0. The van der Waals surface area contributed by atoms with Crippen molar-refractivity contribution < 1.29 is 9.53 Å². The summed E-state index contributed by atoms with van der Waals surface area (Å²) in [5.74, 6) is 0. The molecule has 1 aliphatic heterocycles. The van der Waals surface area contributed by atoms with E-state index in [0.717, 1.165) is 31.4 Å². The molecule has 2 N–H and O–H groups in total. The number of carbonyl (C=O) groups excluding carboxylic acids is 1. The molecule has 1 heterocycles. The Hall–Kier alpha value is -1.26. The van der Waals surface area contributed by atoms with Crippen LogP contribution in [0.15, 0.2) is 24.3 Å². The molecule has 0 bridgehead atoms. The van der Waals surface area contributed by atoms with Crippen LogP contribution < -0.4 is 5.73 Å². The van der Waals surface area contributed by atoms with Gasteiger partial charge in [0.05, 0.1) is 0 Å². The molecular weight excluding hydrogens is 264 g/mol. The molecule has 1 aromatic rings. The second-order valence-corrected chi connectivity index (χ2v) is 5.26. The molecule has 1 saturated heterocycles. The lowest BCUT2D eigenvalue weighted by Gasteiger charge is -2.22. The van der Waals surface area contributed by atoms with Gasteiger partial charge in [-0.3, -0.25) is 0 Å². The minimum atomic E-state index is -0.308. The van der Waals surface area contributed by atoms with Gasteiger partial charge in [-0.2, -0.15) is 0 Å². The van der Waals surface area contributed by atoms with Crippen molar-refractivity contribution in [1.29, 1.82) is 0 Å². The Morgan fingerprint density at radius 3 is 3.00 bits per heavy atom. The quantitative estimate of drug-likeness (QED) is 0.907. The molecule has 1 fully saturated rings. The highest BCUT2D eigenvalue weighted by Crippen LogP contribution is 2.17. The van der Waals surface area contributed by atoms with Crippen LogP contribution in [0, 0.1) is 0 Å². The van der Waals surface area contributed by atoms with Crippen molar-refractivity contribution in [3.05, 3.63) is 34.9 Å². The van der Waals surface area contributed by atoms with Gasteiger partial charge >= 0.3 is 6.09 Å². The van der Waals surface area contributed by atoms with Crippen LogP contribution in [0.3, 0.4) is 0 Å². The Morgan fingerprint density at radius 2 is 2.21 bits per heavy atom. The van der Waals surface area contributed by atoms with Crippen molar-refractivity contribution >= 4 is 17.7 Å². The Balaban J connectivity index is 1.88. The largest absolute Gasteiger partial charge is 0.444 e. The number of amides is 1. The first kappa shape index (κ1) is 14.2. The van der Waals surface area contributed by atoms with Gasteiger partial charge in [-0.25, -0.2) is 4.79 Å². The molecule has 0 saturated carbocycles. The topological polar surface area (TPSA) is 55.6 Å². The van der Waals surface area contributed by atoms with Gasteiger partial charge in [-0.05, 0) is 18.9 Å². The minimum Gasteiger partial charge on any atom is -0.444 e. The average molecular weight is 283 g/mol. The van der Waals surface area contributed by atoms with Gasteiger partial charge in [-0.1, -0.05) is 36.2 Å². The van der Waals surface area contributed by atoms with Crippen LogP contribution in [0.25, 0.3) is 0 Å². The second-order valence-electron chi connectivity index (χ2n) is 4.85. The Morgan fingerprint density at radius 1 is 1.42 bits per heavy atom. The van der Waals surface area contributed by atoms with Gasteiger partial charge in [0.2, 0.25) is 0 Å². The number of carbonyl (C=O) groups is 1. The summed E-state index contributed by atoms with van der Waals surface area (Å²) in [6, 6.07) is 7.41. The van der Waals surface area contributed by atoms with E-state index >= 15 is 0 Å². The van der Waals surface area contributed by atoms with Crippen LogP contribution >= 0.6 is 11.6 Å². The third-order valence-corrected chi connectivity index (χ3v) is 3.64. The molecule has 0 spiro atoms. The number of nitrogens with two attached hydrogens (primary N) is 1. The van der Waals surface area contributed by atoms with Crippen LogP contribution in [-0.4, -0.2) is 30.1 Å². The highest BCUT2D eigenvalue weighted by atomic mass is 35.5. The first-order valence-electron chi connectivity index (χ1n) is 6.57. The van der Waals surface area contributed by atoms with E-state index in [9.17, 15) is 4.79 Å². The van der Waals surface area contributed by atoms with Crippen molar-refractivity contribution in [3.63, 3.8) is 0 Å². The number of hydrogen-bond donors (Lipinski definition) is 1. The normalized spacial score (nSPS) is 19.9. The highest BCUT2D eigenvalue weighted by Gasteiger charge is 2.20. The van der Waals surface area contributed by atoms with Crippen LogP contribution in [0.1, 0.15) is 24.8 Å². The number of hydrogen-bond acceptors (Lipinski definition) is 3. The van der Waals surface area contributed by atoms with E-state index in [1.54, 1.807) is 11.0 Å². The number of ether oxygens (including phenoxy) is 1. The fraction of sp³-hybridized carbons (Fsp3) is 0.500. The number of rotatable bonds is 2. The molecule has 0 aliphatic carbocycles. The number of nitrogens with zero attached hydrogens (tertiary/aromatic N) is 1. The summed E-state index contributed by atoms with van der Waals surface area (Å²) >= 11 is 6.02. The van der Waals surface area contributed by atoms with Crippen molar-refractivity contribution in [2.24, 2.45) is 5.73 Å². The SMILES string of the molecule is N[C@H]1CCCCN(C(=O)OCc2ccccc2Cl)C1. The summed E-state index contributed by atoms with van der Waals surface area (Å²) < 4.78 is 5.30. The van der Waals surface area contributed by atoms with Crippen molar-refractivity contribution in [3.8, 4) is 0 Å². The van der Waals surface area contributed by atoms with Gasteiger partial charge in [0.25, 0.3) is 0 Å². The van der Waals surface area contributed by atoms with Gasteiger partial charge in [0.15, 0.2) is 0 Å². The maximum atomic E-state index is 12.0. The summed E-state index contributed by atoms with van der Waals surface area (Å²) in [5.41, 5.74) is 6.74. The van der Waals surface area contributed by atoms with Gasteiger partial charge in [0.1, 0.15) is 6.61 Å². The van der Waals surface area contributed by atoms with E-state index in [1.807, 2.05) is 18.2 Å². The third kappa shape index (κ3) is 4.11. The summed E-state index contributed by atoms with van der Waals surface area (Å²) in [6.45, 7) is 1.49. The zero-order chi connectivity index (χ0) is 13.7. The molecule has 19 heavy (non-hydrogen) atoms. The fourth-order valence-electron chi connectivity index (χ4n) is 2.19.